The van der Waals surface area contributed by atoms with Crippen LogP contribution in [0.5, 0.6) is 6.01 Å². The van der Waals surface area contributed by atoms with Crippen molar-refractivity contribution in [2.75, 3.05) is 76.1 Å². The first-order valence-corrected chi connectivity index (χ1v) is 15.0. The maximum atomic E-state index is 14.4. The van der Waals surface area contributed by atoms with Crippen LogP contribution < -0.4 is 14.5 Å². The molecule has 0 radical (unpaired) electrons. The number of fused-ring (bicyclic) bond motifs is 2. The standard InChI is InChI=1S/C30H38F4N8O2/c1-19-13-24-23(14-35-38-24)27(26(19)30(32,33)34)42-8-6-22-25(15-42)36-29(44-17-21-5-4-7-39(21)3)37-28(22)41-11-9-40(10-12-41)18-43-16-20(2)31/h13-14,21H,2,4-12,15-18H2,1,3H3,(H,35,38)/t21-/m0/s1. The van der Waals surface area contributed by atoms with Gasteiger partial charge in [-0.05, 0) is 51.4 Å². The Bertz CT molecular complexity index is 1500. The molecule has 14 heteroatoms. The summed E-state index contributed by atoms with van der Waals surface area (Å²) in [5, 5.41) is 7.30. The second kappa shape index (κ2) is 12.5. The molecule has 2 fully saturated rings. The fourth-order valence-corrected chi connectivity index (χ4v) is 6.53. The number of nitrogens with zero attached hydrogens (tertiary/aromatic N) is 7. The largest absolute Gasteiger partial charge is 0.462 e. The van der Waals surface area contributed by atoms with E-state index in [2.05, 4.69) is 38.5 Å². The highest BCUT2D eigenvalue weighted by Gasteiger charge is 2.39. The zero-order chi connectivity index (χ0) is 31.0. The number of likely N-dealkylation sites (tertiary alicyclic amines) is 1. The van der Waals surface area contributed by atoms with E-state index in [4.69, 9.17) is 19.4 Å². The van der Waals surface area contributed by atoms with Crippen LogP contribution in [0.15, 0.2) is 24.7 Å². The predicted octanol–water partition coefficient (Wildman–Crippen LogP) is 4.30. The van der Waals surface area contributed by atoms with E-state index in [-0.39, 0.29) is 36.5 Å². The summed E-state index contributed by atoms with van der Waals surface area (Å²) < 4.78 is 67.9. The molecule has 1 N–H and O–H groups in total. The Morgan fingerprint density at radius 2 is 1.91 bits per heavy atom. The van der Waals surface area contributed by atoms with Crippen molar-refractivity contribution in [3.8, 4) is 6.01 Å². The number of benzene rings is 1. The van der Waals surface area contributed by atoms with Crippen LogP contribution in [0.4, 0.5) is 29.1 Å². The molecule has 10 nitrogen and oxygen atoms in total. The molecule has 0 saturated carbocycles. The van der Waals surface area contributed by atoms with Gasteiger partial charge in [0.25, 0.3) is 0 Å². The number of alkyl halides is 3. The van der Waals surface area contributed by atoms with Gasteiger partial charge in [0.05, 0.1) is 48.5 Å². The summed E-state index contributed by atoms with van der Waals surface area (Å²) in [7, 11) is 2.07. The first-order chi connectivity index (χ1) is 21.1. The molecule has 238 valence electrons. The number of anilines is 2. The van der Waals surface area contributed by atoms with Gasteiger partial charge in [-0.1, -0.05) is 6.58 Å². The number of H-pyrrole nitrogens is 1. The van der Waals surface area contributed by atoms with E-state index in [1.165, 1.54) is 19.2 Å². The summed E-state index contributed by atoms with van der Waals surface area (Å²) in [6.45, 7) is 9.56. The van der Waals surface area contributed by atoms with Gasteiger partial charge in [0.15, 0.2) is 0 Å². The number of halogens is 4. The molecule has 1 atom stereocenters. The van der Waals surface area contributed by atoms with Gasteiger partial charge in [-0.25, -0.2) is 4.39 Å². The van der Waals surface area contributed by atoms with Crippen LogP contribution in [0.25, 0.3) is 10.9 Å². The fourth-order valence-electron chi connectivity index (χ4n) is 6.53. The lowest BCUT2D eigenvalue weighted by Gasteiger charge is -2.38. The van der Waals surface area contributed by atoms with Crippen molar-refractivity contribution < 1.29 is 27.0 Å². The molecule has 44 heavy (non-hydrogen) atoms. The van der Waals surface area contributed by atoms with Gasteiger partial charge >= 0.3 is 12.2 Å². The van der Waals surface area contributed by atoms with Crippen molar-refractivity contribution in [2.24, 2.45) is 0 Å². The highest BCUT2D eigenvalue weighted by Crippen LogP contribution is 2.44. The topological polar surface area (TPSA) is 85.9 Å². The molecule has 0 amide bonds. The lowest BCUT2D eigenvalue weighted by Crippen LogP contribution is -2.48. The maximum Gasteiger partial charge on any atom is 0.418 e. The average molecular weight is 619 g/mol. The monoisotopic (exact) mass is 618 g/mol. The lowest BCUT2D eigenvalue weighted by atomic mass is 9.98. The number of piperazine rings is 1. The molecular formula is C30H38F4N8O2. The third-order valence-corrected chi connectivity index (χ3v) is 8.82. The van der Waals surface area contributed by atoms with Crippen LogP contribution >= 0.6 is 0 Å². The zero-order valence-electron chi connectivity index (χ0n) is 25.1. The van der Waals surface area contributed by atoms with Crippen LogP contribution in [0.2, 0.25) is 0 Å². The smallest absolute Gasteiger partial charge is 0.418 e. The van der Waals surface area contributed by atoms with E-state index in [1.807, 2.05) is 0 Å². The molecule has 3 aromatic rings. The van der Waals surface area contributed by atoms with Crippen LogP contribution in [0.3, 0.4) is 0 Å². The van der Waals surface area contributed by atoms with Crippen LogP contribution in [0.1, 0.15) is 35.2 Å². The Morgan fingerprint density at radius 1 is 1.11 bits per heavy atom. The molecule has 5 heterocycles. The summed E-state index contributed by atoms with van der Waals surface area (Å²) >= 11 is 0. The number of aromatic nitrogens is 4. The average Bonchev–Trinajstić information content (AvgIpc) is 3.62. The third kappa shape index (κ3) is 6.33. The highest BCUT2D eigenvalue weighted by atomic mass is 19.4. The van der Waals surface area contributed by atoms with Gasteiger partial charge in [-0.15, -0.1) is 0 Å². The number of aromatic amines is 1. The minimum atomic E-state index is -4.54. The number of aryl methyl sites for hydroxylation is 1. The second-order valence-corrected chi connectivity index (χ2v) is 11.9. The predicted molar refractivity (Wildman–Crippen MR) is 159 cm³/mol. The molecule has 3 aliphatic rings. The summed E-state index contributed by atoms with van der Waals surface area (Å²) in [5.41, 5.74) is 1.75. The molecule has 6 rings (SSSR count). The molecule has 0 spiro atoms. The van der Waals surface area contributed by atoms with Crippen molar-refractivity contribution in [1.29, 1.82) is 0 Å². The SMILES string of the molecule is C=C(F)COCN1CCN(c2nc(OC[C@@H]3CCCN3C)nc3c2CCN(c2c(C(F)(F)F)c(C)cc4[nH]ncc24)C3)CC1. The van der Waals surface area contributed by atoms with Crippen LogP contribution in [-0.2, 0) is 23.9 Å². The lowest BCUT2D eigenvalue weighted by molar-refractivity contribution is -0.137. The van der Waals surface area contributed by atoms with Crippen LogP contribution in [0, 0.1) is 6.92 Å². The van der Waals surface area contributed by atoms with Gasteiger partial charge < -0.3 is 24.2 Å². The summed E-state index contributed by atoms with van der Waals surface area (Å²) in [4.78, 5) is 17.9. The minimum absolute atomic E-state index is 0.117. The van der Waals surface area contributed by atoms with Crippen molar-refractivity contribution in [3.05, 3.63) is 47.1 Å². The summed E-state index contributed by atoms with van der Waals surface area (Å²) in [6.07, 6.45) is -0.480. The second-order valence-electron chi connectivity index (χ2n) is 11.9. The van der Waals surface area contributed by atoms with Crippen molar-refractivity contribution in [3.63, 3.8) is 0 Å². The molecule has 2 saturated heterocycles. The minimum Gasteiger partial charge on any atom is -0.462 e. The van der Waals surface area contributed by atoms with E-state index in [1.54, 1.807) is 4.90 Å². The molecule has 1 aromatic carbocycles. The Labute approximate surface area is 253 Å². The van der Waals surface area contributed by atoms with Crippen molar-refractivity contribution in [2.45, 2.75) is 44.9 Å². The highest BCUT2D eigenvalue weighted by molar-refractivity contribution is 5.95. The third-order valence-electron chi connectivity index (χ3n) is 8.82. The number of hydrogen-bond acceptors (Lipinski definition) is 9. The van der Waals surface area contributed by atoms with E-state index >= 15 is 0 Å². The number of nitrogens with one attached hydrogen (secondary N) is 1. The summed E-state index contributed by atoms with van der Waals surface area (Å²) in [6, 6.07) is 1.99. The van der Waals surface area contributed by atoms with Crippen molar-refractivity contribution in [1.82, 2.24) is 30.0 Å². The Hall–Kier alpha value is -3.49. The van der Waals surface area contributed by atoms with E-state index in [0.29, 0.717) is 69.1 Å². The van der Waals surface area contributed by atoms with Gasteiger partial charge in [0.2, 0.25) is 0 Å². The van der Waals surface area contributed by atoms with Gasteiger partial charge in [0, 0.05) is 49.7 Å². The first-order valence-electron chi connectivity index (χ1n) is 15.0. The first kappa shape index (κ1) is 30.5. The number of rotatable bonds is 9. The molecule has 0 unspecified atom stereocenters. The molecule has 0 bridgehead atoms. The van der Waals surface area contributed by atoms with Crippen LogP contribution in [-0.4, -0.2) is 102 Å². The quantitative estimate of drug-likeness (QED) is 0.353. The molecule has 0 aliphatic carbocycles. The van der Waals surface area contributed by atoms with E-state index in [0.717, 1.165) is 30.8 Å². The Morgan fingerprint density at radius 3 is 2.61 bits per heavy atom. The van der Waals surface area contributed by atoms with Crippen molar-refractivity contribution >= 4 is 22.4 Å². The Balaban J connectivity index is 1.30. The molecule has 3 aliphatic heterocycles. The fraction of sp³-hybridized carbons (Fsp3) is 0.567. The number of likely N-dealkylation sites (N-methyl/N-ethyl adjacent to an activating group) is 1. The molecule has 2 aromatic heterocycles. The number of ether oxygens (including phenoxy) is 2. The van der Waals surface area contributed by atoms with E-state index in [9.17, 15) is 17.6 Å². The zero-order valence-corrected chi connectivity index (χ0v) is 25.1. The van der Waals surface area contributed by atoms with Gasteiger partial charge in [-0.2, -0.15) is 28.2 Å². The molecular weight excluding hydrogens is 580 g/mol. The normalized spacial score (nSPS) is 20.0. The van der Waals surface area contributed by atoms with Gasteiger partial charge in [-0.3, -0.25) is 10.00 Å². The number of hydrogen-bond donors (Lipinski definition) is 1. The Kier molecular flexibility index (Phi) is 8.66. The maximum absolute atomic E-state index is 14.4. The van der Waals surface area contributed by atoms with Gasteiger partial charge in [0.1, 0.15) is 18.3 Å². The van der Waals surface area contributed by atoms with E-state index < -0.39 is 17.6 Å². The summed E-state index contributed by atoms with van der Waals surface area (Å²) in [5.74, 6) is 0.249.